The second kappa shape index (κ2) is 5.53. The molecule has 19 heavy (non-hydrogen) atoms. The van der Waals surface area contributed by atoms with Gasteiger partial charge in [-0.3, -0.25) is 0 Å². The first-order valence-corrected chi connectivity index (χ1v) is 6.71. The minimum atomic E-state index is 0.0500. The van der Waals surface area contributed by atoms with Crippen LogP contribution in [0, 0.1) is 0 Å². The first kappa shape index (κ1) is 12.4. The normalized spacial score (nSPS) is 22.6. The van der Waals surface area contributed by atoms with Gasteiger partial charge in [-0.05, 0) is 29.5 Å². The number of benzene rings is 2. The fourth-order valence-corrected chi connectivity index (χ4v) is 2.50. The monoisotopic (exact) mass is 253 g/mol. The fourth-order valence-electron chi connectivity index (χ4n) is 2.50. The summed E-state index contributed by atoms with van der Waals surface area (Å²) in [6.45, 7) is 0. The molecule has 0 spiro atoms. The Kier molecular flexibility index (Phi) is 3.60. The summed E-state index contributed by atoms with van der Waals surface area (Å²) < 4.78 is 0. The third-order valence-corrected chi connectivity index (χ3v) is 3.57. The van der Waals surface area contributed by atoms with Crippen LogP contribution in [0.5, 0.6) is 0 Å². The molecule has 0 aliphatic carbocycles. The molecule has 2 atom stereocenters. The third kappa shape index (κ3) is 3.01. The summed E-state index contributed by atoms with van der Waals surface area (Å²) in [5.74, 6) is 0. The second-order valence-corrected chi connectivity index (χ2v) is 5.09. The molecule has 0 bridgehead atoms. The van der Waals surface area contributed by atoms with E-state index in [-0.39, 0.29) is 6.17 Å². The van der Waals surface area contributed by atoms with Crippen LogP contribution >= 0.6 is 0 Å². The Hall–Kier alpha value is -1.68. The van der Waals surface area contributed by atoms with Crippen LogP contribution < -0.4 is 16.6 Å². The van der Waals surface area contributed by atoms with Gasteiger partial charge in [-0.15, -0.1) is 0 Å². The van der Waals surface area contributed by atoms with Crippen LogP contribution in [0.3, 0.4) is 0 Å². The van der Waals surface area contributed by atoms with Gasteiger partial charge < -0.3 is 5.73 Å². The van der Waals surface area contributed by atoms with Crippen LogP contribution in [0.1, 0.15) is 29.2 Å². The molecule has 3 heteroatoms. The van der Waals surface area contributed by atoms with Crippen molar-refractivity contribution in [3.05, 3.63) is 71.3 Å². The summed E-state index contributed by atoms with van der Waals surface area (Å²) in [4.78, 5) is 0. The van der Waals surface area contributed by atoms with Gasteiger partial charge >= 0.3 is 0 Å². The number of hydrazine groups is 1. The van der Waals surface area contributed by atoms with Gasteiger partial charge in [0.2, 0.25) is 0 Å². The SMILES string of the molecule is NC1CC(c2ccc(Cc3ccccc3)cc2)NN1. The zero-order valence-corrected chi connectivity index (χ0v) is 10.8. The summed E-state index contributed by atoms with van der Waals surface area (Å²) in [5.41, 5.74) is 16.1. The number of nitrogens with one attached hydrogen (secondary N) is 2. The van der Waals surface area contributed by atoms with Gasteiger partial charge in [-0.1, -0.05) is 54.6 Å². The molecule has 0 aromatic heterocycles. The van der Waals surface area contributed by atoms with E-state index in [4.69, 9.17) is 5.73 Å². The van der Waals surface area contributed by atoms with Crippen molar-refractivity contribution < 1.29 is 0 Å². The fraction of sp³-hybridized carbons (Fsp3) is 0.250. The number of rotatable bonds is 3. The van der Waals surface area contributed by atoms with E-state index in [2.05, 4.69) is 65.4 Å². The first-order chi connectivity index (χ1) is 9.31. The highest BCUT2D eigenvalue weighted by molar-refractivity contribution is 5.30. The quantitative estimate of drug-likeness (QED) is 0.785. The average molecular weight is 253 g/mol. The molecule has 98 valence electrons. The lowest BCUT2D eigenvalue weighted by Crippen LogP contribution is -2.36. The average Bonchev–Trinajstić information content (AvgIpc) is 2.87. The van der Waals surface area contributed by atoms with E-state index in [1.165, 1.54) is 16.7 Å². The van der Waals surface area contributed by atoms with E-state index >= 15 is 0 Å². The van der Waals surface area contributed by atoms with Gasteiger partial charge in [0.1, 0.15) is 0 Å². The van der Waals surface area contributed by atoms with Gasteiger partial charge in [0.25, 0.3) is 0 Å². The van der Waals surface area contributed by atoms with E-state index < -0.39 is 0 Å². The van der Waals surface area contributed by atoms with Gasteiger partial charge in [-0.25, -0.2) is 10.9 Å². The minimum Gasteiger partial charge on any atom is -0.315 e. The molecule has 2 unspecified atom stereocenters. The molecule has 0 radical (unpaired) electrons. The zero-order chi connectivity index (χ0) is 13.1. The predicted molar refractivity (Wildman–Crippen MR) is 77.3 cm³/mol. The summed E-state index contributed by atoms with van der Waals surface area (Å²) >= 11 is 0. The smallest absolute Gasteiger partial charge is 0.0698 e. The Balaban J connectivity index is 1.69. The van der Waals surface area contributed by atoms with Crippen LogP contribution in [0.15, 0.2) is 54.6 Å². The van der Waals surface area contributed by atoms with Crippen LogP contribution in [0.2, 0.25) is 0 Å². The Morgan fingerprint density at radius 3 is 2.21 bits per heavy atom. The Labute approximate surface area is 113 Å². The molecule has 3 nitrogen and oxygen atoms in total. The molecular formula is C16H19N3. The topological polar surface area (TPSA) is 50.1 Å². The lowest BCUT2D eigenvalue weighted by molar-refractivity contribution is 0.551. The molecule has 1 heterocycles. The van der Waals surface area contributed by atoms with Crippen LogP contribution in [0.25, 0.3) is 0 Å². The van der Waals surface area contributed by atoms with Crippen molar-refractivity contribution in [2.45, 2.75) is 25.0 Å². The number of hydrogen-bond donors (Lipinski definition) is 3. The maximum absolute atomic E-state index is 5.82. The zero-order valence-electron chi connectivity index (χ0n) is 10.8. The van der Waals surface area contributed by atoms with E-state index in [0.29, 0.717) is 6.04 Å². The molecule has 3 rings (SSSR count). The van der Waals surface area contributed by atoms with Crippen molar-refractivity contribution in [2.75, 3.05) is 0 Å². The summed E-state index contributed by atoms with van der Waals surface area (Å²) in [6, 6.07) is 19.6. The van der Waals surface area contributed by atoms with E-state index in [1.807, 2.05) is 0 Å². The maximum Gasteiger partial charge on any atom is 0.0698 e. The van der Waals surface area contributed by atoms with Crippen molar-refractivity contribution in [3.63, 3.8) is 0 Å². The molecule has 4 N–H and O–H groups in total. The maximum atomic E-state index is 5.82. The standard InChI is InChI=1S/C16H19N3/c17-16-11-15(18-19-16)14-8-6-13(7-9-14)10-12-4-2-1-3-5-12/h1-9,15-16,18-19H,10-11,17H2. The highest BCUT2D eigenvalue weighted by Gasteiger charge is 2.21. The molecule has 1 aliphatic heterocycles. The Morgan fingerprint density at radius 2 is 1.58 bits per heavy atom. The minimum absolute atomic E-state index is 0.0500. The third-order valence-electron chi connectivity index (χ3n) is 3.57. The molecule has 1 saturated heterocycles. The van der Waals surface area contributed by atoms with Crippen LogP contribution in [0.4, 0.5) is 0 Å². The molecule has 2 aromatic rings. The van der Waals surface area contributed by atoms with Crippen molar-refractivity contribution in [3.8, 4) is 0 Å². The van der Waals surface area contributed by atoms with Crippen molar-refractivity contribution in [1.29, 1.82) is 0 Å². The van der Waals surface area contributed by atoms with E-state index in [0.717, 1.165) is 12.8 Å². The highest BCUT2D eigenvalue weighted by atomic mass is 15.4. The van der Waals surface area contributed by atoms with Crippen molar-refractivity contribution >= 4 is 0 Å². The second-order valence-electron chi connectivity index (χ2n) is 5.09. The van der Waals surface area contributed by atoms with Crippen molar-refractivity contribution in [2.24, 2.45) is 5.73 Å². The predicted octanol–water partition coefficient (Wildman–Crippen LogP) is 2.10. The van der Waals surface area contributed by atoms with Crippen LogP contribution in [-0.4, -0.2) is 6.17 Å². The Morgan fingerprint density at radius 1 is 0.895 bits per heavy atom. The van der Waals surface area contributed by atoms with Gasteiger partial charge in [0, 0.05) is 6.04 Å². The molecular weight excluding hydrogens is 234 g/mol. The molecule has 1 aliphatic rings. The van der Waals surface area contributed by atoms with Gasteiger partial charge in [0.15, 0.2) is 0 Å². The Bertz CT molecular complexity index is 521. The van der Waals surface area contributed by atoms with Crippen molar-refractivity contribution in [1.82, 2.24) is 10.9 Å². The van der Waals surface area contributed by atoms with Gasteiger partial charge in [-0.2, -0.15) is 0 Å². The highest BCUT2D eigenvalue weighted by Crippen LogP contribution is 2.21. The molecule has 0 amide bonds. The summed E-state index contributed by atoms with van der Waals surface area (Å²) in [6.07, 6.45) is 1.96. The molecule has 1 fully saturated rings. The van der Waals surface area contributed by atoms with Gasteiger partial charge in [0.05, 0.1) is 6.17 Å². The number of nitrogens with two attached hydrogens (primary N) is 1. The number of hydrogen-bond acceptors (Lipinski definition) is 3. The first-order valence-electron chi connectivity index (χ1n) is 6.71. The largest absolute Gasteiger partial charge is 0.315 e. The lowest BCUT2D eigenvalue weighted by Gasteiger charge is -2.10. The van der Waals surface area contributed by atoms with E-state index in [9.17, 15) is 0 Å². The summed E-state index contributed by atoms with van der Waals surface area (Å²) in [5, 5.41) is 0. The van der Waals surface area contributed by atoms with Crippen LogP contribution in [-0.2, 0) is 6.42 Å². The molecule has 0 saturated carbocycles. The van der Waals surface area contributed by atoms with E-state index in [1.54, 1.807) is 0 Å². The summed E-state index contributed by atoms with van der Waals surface area (Å²) in [7, 11) is 0. The lowest BCUT2D eigenvalue weighted by atomic mass is 10.00. The molecule has 2 aromatic carbocycles.